The summed E-state index contributed by atoms with van der Waals surface area (Å²) in [6, 6.07) is 7.42. The van der Waals surface area contributed by atoms with E-state index in [4.69, 9.17) is 9.47 Å². The summed E-state index contributed by atoms with van der Waals surface area (Å²) in [6.45, 7) is 0.451. The third kappa shape index (κ3) is 2.34. The summed E-state index contributed by atoms with van der Waals surface area (Å²) in [4.78, 5) is 11.5. The Hall–Kier alpha value is -2.09. The zero-order chi connectivity index (χ0) is 13.9. The van der Waals surface area contributed by atoms with Crippen LogP contribution >= 0.6 is 11.8 Å². The highest BCUT2D eigenvalue weighted by atomic mass is 32.2. The summed E-state index contributed by atoms with van der Waals surface area (Å²) in [7, 11) is 1.59. The number of para-hydroxylation sites is 2. The molecule has 0 radical (unpaired) electrons. The lowest BCUT2D eigenvalue weighted by Gasteiger charge is -2.09. The lowest BCUT2D eigenvalue weighted by Crippen LogP contribution is -2.11. The van der Waals surface area contributed by atoms with Gasteiger partial charge in [-0.25, -0.2) is 0 Å². The molecule has 1 fully saturated rings. The molecule has 7 nitrogen and oxygen atoms in total. The lowest BCUT2D eigenvalue weighted by molar-refractivity contribution is -0.137. The highest BCUT2D eigenvalue weighted by Crippen LogP contribution is 2.31. The predicted molar refractivity (Wildman–Crippen MR) is 70.9 cm³/mol. The van der Waals surface area contributed by atoms with Gasteiger partial charge in [0.15, 0.2) is 0 Å². The molecule has 0 amide bonds. The molecule has 0 bridgehead atoms. The number of rotatable bonds is 4. The normalized spacial score (nSPS) is 18.1. The summed E-state index contributed by atoms with van der Waals surface area (Å²) in [6.07, 6.45) is 0.669. The van der Waals surface area contributed by atoms with Gasteiger partial charge < -0.3 is 9.47 Å². The molecule has 2 aromatic rings. The molecule has 1 aromatic heterocycles. The Morgan fingerprint density at radius 3 is 3.05 bits per heavy atom. The molecular formula is C12H12N4O3S. The Morgan fingerprint density at radius 2 is 2.30 bits per heavy atom. The van der Waals surface area contributed by atoms with Crippen LogP contribution in [0.2, 0.25) is 0 Å². The SMILES string of the molecule is COc1ccccc1-n1nnnc1S[C@@H]1CCOC1=O. The van der Waals surface area contributed by atoms with Crippen LogP contribution < -0.4 is 4.74 Å². The van der Waals surface area contributed by atoms with Gasteiger partial charge in [-0.05, 0) is 22.6 Å². The van der Waals surface area contributed by atoms with Gasteiger partial charge in [-0.15, -0.1) is 5.10 Å². The van der Waals surface area contributed by atoms with E-state index in [1.807, 2.05) is 24.3 Å². The van der Waals surface area contributed by atoms with Crippen molar-refractivity contribution in [2.45, 2.75) is 16.8 Å². The van der Waals surface area contributed by atoms with Crippen molar-refractivity contribution in [1.29, 1.82) is 0 Å². The van der Waals surface area contributed by atoms with Crippen molar-refractivity contribution in [3.05, 3.63) is 24.3 Å². The minimum absolute atomic E-state index is 0.218. The predicted octanol–water partition coefficient (Wildman–Crippen LogP) is 1.08. The van der Waals surface area contributed by atoms with Gasteiger partial charge >= 0.3 is 5.97 Å². The molecular weight excluding hydrogens is 280 g/mol. The number of tetrazole rings is 1. The molecule has 0 saturated carbocycles. The fourth-order valence-corrected chi connectivity index (χ4v) is 2.87. The van der Waals surface area contributed by atoms with E-state index in [0.717, 1.165) is 5.69 Å². The first kappa shape index (κ1) is 12.9. The van der Waals surface area contributed by atoms with Crippen molar-refractivity contribution in [3.63, 3.8) is 0 Å². The largest absolute Gasteiger partial charge is 0.494 e. The summed E-state index contributed by atoms with van der Waals surface area (Å²) in [5.74, 6) is 0.445. The summed E-state index contributed by atoms with van der Waals surface area (Å²) in [5.41, 5.74) is 0.730. The average molecular weight is 292 g/mol. The number of nitrogens with zero attached hydrogens (tertiary/aromatic N) is 4. The number of cyclic esters (lactones) is 1. The first-order valence-electron chi connectivity index (χ1n) is 6.04. The van der Waals surface area contributed by atoms with E-state index in [1.165, 1.54) is 11.8 Å². The number of aromatic nitrogens is 4. The van der Waals surface area contributed by atoms with Crippen LogP contribution in [0.25, 0.3) is 5.69 Å². The Morgan fingerprint density at radius 1 is 1.45 bits per heavy atom. The second kappa shape index (κ2) is 5.49. The van der Waals surface area contributed by atoms with E-state index in [2.05, 4.69) is 15.5 Å². The zero-order valence-electron chi connectivity index (χ0n) is 10.7. The third-order valence-electron chi connectivity index (χ3n) is 2.89. The molecule has 104 valence electrons. The highest BCUT2D eigenvalue weighted by Gasteiger charge is 2.30. The molecule has 1 aliphatic heterocycles. The topological polar surface area (TPSA) is 79.1 Å². The summed E-state index contributed by atoms with van der Waals surface area (Å²) in [5, 5.41) is 11.9. The number of ether oxygens (including phenoxy) is 2. The lowest BCUT2D eigenvalue weighted by atomic mass is 10.3. The van der Waals surface area contributed by atoms with Gasteiger partial charge in [-0.1, -0.05) is 23.9 Å². The second-order valence-electron chi connectivity index (χ2n) is 4.11. The van der Waals surface area contributed by atoms with Crippen LogP contribution in [-0.4, -0.2) is 45.1 Å². The van der Waals surface area contributed by atoms with Crippen LogP contribution in [0, 0.1) is 0 Å². The van der Waals surface area contributed by atoms with Crippen molar-refractivity contribution >= 4 is 17.7 Å². The minimum Gasteiger partial charge on any atom is -0.494 e. The maximum atomic E-state index is 11.5. The van der Waals surface area contributed by atoms with E-state index < -0.39 is 0 Å². The Kier molecular flexibility index (Phi) is 3.55. The van der Waals surface area contributed by atoms with Gasteiger partial charge in [-0.3, -0.25) is 4.79 Å². The molecule has 0 N–H and O–H groups in total. The number of esters is 1. The van der Waals surface area contributed by atoms with Gasteiger partial charge in [0.1, 0.15) is 16.7 Å². The zero-order valence-corrected chi connectivity index (χ0v) is 11.5. The molecule has 0 spiro atoms. The van der Waals surface area contributed by atoms with Crippen molar-refractivity contribution in [1.82, 2.24) is 20.2 Å². The van der Waals surface area contributed by atoms with Crippen LogP contribution in [0.15, 0.2) is 29.4 Å². The van der Waals surface area contributed by atoms with Crippen molar-refractivity contribution in [2.75, 3.05) is 13.7 Å². The van der Waals surface area contributed by atoms with E-state index in [-0.39, 0.29) is 11.2 Å². The molecule has 2 heterocycles. The fraction of sp³-hybridized carbons (Fsp3) is 0.333. The standard InChI is InChI=1S/C12H12N4O3S/c1-18-9-5-3-2-4-8(9)16-12(13-14-15-16)20-10-6-7-19-11(10)17/h2-5,10H,6-7H2,1H3/t10-/m1/s1. The van der Waals surface area contributed by atoms with Crippen molar-refractivity contribution in [3.8, 4) is 11.4 Å². The molecule has 1 saturated heterocycles. The number of carbonyl (C=O) groups is 1. The molecule has 3 rings (SSSR count). The molecule has 1 aromatic carbocycles. The quantitative estimate of drug-likeness (QED) is 0.780. The second-order valence-corrected chi connectivity index (χ2v) is 5.28. The Labute approximate surface area is 119 Å². The fourth-order valence-electron chi connectivity index (χ4n) is 1.92. The van der Waals surface area contributed by atoms with Crippen molar-refractivity contribution < 1.29 is 14.3 Å². The highest BCUT2D eigenvalue weighted by molar-refractivity contribution is 8.00. The average Bonchev–Trinajstić information content (AvgIpc) is 3.09. The first-order valence-corrected chi connectivity index (χ1v) is 6.92. The summed E-state index contributed by atoms with van der Waals surface area (Å²) >= 11 is 1.30. The minimum atomic E-state index is -0.255. The van der Waals surface area contributed by atoms with Crippen LogP contribution in [0.1, 0.15) is 6.42 Å². The van der Waals surface area contributed by atoms with E-state index in [0.29, 0.717) is 23.9 Å². The number of thioether (sulfide) groups is 1. The van der Waals surface area contributed by atoms with E-state index >= 15 is 0 Å². The molecule has 8 heteroatoms. The van der Waals surface area contributed by atoms with Gasteiger partial charge in [0.2, 0.25) is 5.16 Å². The maximum Gasteiger partial charge on any atom is 0.319 e. The van der Waals surface area contributed by atoms with E-state index in [1.54, 1.807) is 11.8 Å². The van der Waals surface area contributed by atoms with Gasteiger partial charge in [0.25, 0.3) is 0 Å². The van der Waals surface area contributed by atoms with Gasteiger partial charge in [0.05, 0.1) is 13.7 Å². The molecule has 0 unspecified atom stereocenters. The monoisotopic (exact) mass is 292 g/mol. The number of benzene rings is 1. The van der Waals surface area contributed by atoms with Crippen molar-refractivity contribution in [2.24, 2.45) is 0 Å². The number of carbonyl (C=O) groups excluding carboxylic acids is 1. The molecule has 0 aliphatic carbocycles. The number of methoxy groups -OCH3 is 1. The maximum absolute atomic E-state index is 11.5. The Bertz CT molecular complexity index is 631. The van der Waals surface area contributed by atoms with Crippen LogP contribution in [0.4, 0.5) is 0 Å². The Balaban J connectivity index is 1.91. The molecule has 1 atom stereocenters. The number of hydrogen-bond donors (Lipinski definition) is 0. The van der Waals surface area contributed by atoms with Crippen LogP contribution in [0.3, 0.4) is 0 Å². The van der Waals surface area contributed by atoms with Gasteiger partial charge in [-0.2, -0.15) is 4.68 Å². The number of hydrogen-bond acceptors (Lipinski definition) is 7. The van der Waals surface area contributed by atoms with E-state index in [9.17, 15) is 4.79 Å². The molecule has 20 heavy (non-hydrogen) atoms. The van der Waals surface area contributed by atoms with Crippen LogP contribution in [0.5, 0.6) is 5.75 Å². The summed E-state index contributed by atoms with van der Waals surface area (Å²) < 4.78 is 11.8. The third-order valence-corrected chi connectivity index (χ3v) is 4.07. The molecule has 1 aliphatic rings. The smallest absolute Gasteiger partial charge is 0.319 e. The first-order chi connectivity index (χ1) is 9.79. The van der Waals surface area contributed by atoms with Crippen LogP contribution in [-0.2, 0) is 9.53 Å². The van der Waals surface area contributed by atoms with Gasteiger partial charge in [0, 0.05) is 6.42 Å².